The Kier molecular flexibility index (Phi) is 20.6. The number of rotatable bonds is 28. The number of hydrogen-bond acceptors (Lipinski definition) is 3. The topological polar surface area (TPSA) is 38.8 Å². The van der Waals surface area contributed by atoms with Gasteiger partial charge in [0.15, 0.2) is 0 Å². The predicted octanol–water partition coefficient (Wildman–Crippen LogP) is 11.3. The maximum absolute atomic E-state index is 11.6. The molecule has 2 rings (SSSR count). The van der Waals surface area contributed by atoms with E-state index in [1.54, 1.807) is 0 Å². The molecule has 0 radical (unpaired) electrons. The van der Waals surface area contributed by atoms with Crippen LogP contribution in [0.2, 0.25) is 0 Å². The second-order valence-electron chi connectivity index (χ2n) is 12.5. The first-order valence-electron chi connectivity index (χ1n) is 17.4. The van der Waals surface area contributed by atoms with E-state index in [4.69, 9.17) is 9.47 Å². The van der Waals surface area contributed by atoms with Crippen molar-refractivity contribution in [2.24, 2.45) is 0 Å². The van der Waals surface area contributed by atoms with E-state index < -0.39 is 0 Å². The molecule has 0 amide bonds. The Bertz CT molecular complexity index is 652. The third-order valence-corrected chi connectivity index (χ3v) is 8.61. The van der Waals surface area contributed by atoms with Crippen LogP contribution in [0.3, 0.4) is 0 Å². The van der Waals surface area contributed by atoms with Gasteiger partial charge in [0.25, 0.3) is 0 Å². The van der Waals surface area contributed by atoms with Gasteiger partial charge in [-0.05, 0) is 57.9 Å². The average Bonchev–Trinajstić information content (AvgIpc) is 3.59. The Labute approximate surface area is 243 Å². The number of hydrogen-bond donors (Lipinski definition) is 0. The Morgan fingerprint density at radius 2 is 1.05 bits per heavy atom. The number of esters is 1. The molecule has 0 aromatic rings. The van der Waals surface area contributed by atoms with Crippen molar-refractivity contribution in [1.82, 2.24) is 0 Å². The van der Waals surface area contributed by atoms with Crippen LogP contribution in [0, 0.1) is 0 Å². The fourth-order valence-corrected chi connectivity index (χ4v) is 6.00. The summed E-state index contributed by atoms with van der Waals surface area (Å²) in [6.45, 7) is 4.22. The third kappa shape index (κ3) is 18.8. The van der Waals surface area contributed by atoms with Crippen molar-refractivity contribution in [3.63, 3.8) is 0 Å². The summed E-state index contributed by atoms with van der Waals surface area (Å²) in [7, 11) is 0. The van der Waals surface area contributed by atoms with Crippen molar-refractivity contribution in [3.8, 4) is 0 Å². The summed E-state index contributed by atoms with van der Waals surface area (Å²) >= 11 is 0. The lowest BCUT2D eigenvalue weighted by Crippen LogP contribution is -2.03. The standard InChI is InChI=1S/C36H64O3/c1-3-4-5-6-7-8-9-14-17-20-23-26-29-34-35(39-34)30-27-24-21-18-15-12-10-11-13-16-19-22-25-28-33-31-32(2)38-36(33)37/h16,19,31-32,34-35H,3-15,17-18,20-30H2,1-2H3/t32-,34-,35-/m1/s1. The van der Waals surface area contributed by atoms with Gasteiger partial charge in [0.2, 0.25) is 0 Å². The number of cyclic esters (lactones) is 1. The van der Waals surface area contributed by atoms with Crippen molar-refractivity contribution in [2.75, 3.05) is 0 Å². The van der Waals surface area contributed by atoms with Crippen molar-refractivity contribution < 1.29 is 14.3 Å². The number of carbonyl (C=O) groups excluding carboxylic acids is 1. The number of allylic oxidation sites excluding steroid dienone is 2. The summed E-state index contributed by atoms with van der Waals surface area (Å²) in [6.07, 6.45) is 42.7. The molecule has 1 fully saturated rings. The van der Waals surface area contributed by atoms with Crippen LogP contribution in [0.15, 0.2) is 23.8 Å². The number of epoxide rings is 1. The molecular formula is C36H64O3. The van der Waals surface area contributed by atoms with Gasteiger partial charge in [-0.3, -0.25) is 0 Å². The Morgan fingerprint density at radius 1 is 0.615 bits per heavy atom. The molecule has 3 atom stereocenters. The van der Waals surface area contributed by atoms with Crippen LogP contribution in [0.5, 0.6) is 0 Å². The summed E-state index contributed by atoms with van der Waals surface area (Å²) in [6, 6.07) is 0. The van der Waals surface area contributed by atoms with E-state index in [0.29, 0.717) is 12.2 Å². The molecule has 2 aliphatic heterocycles. The van der Waals surface area contributed by atoms with Gasteiger partial charge in [-0.15, -0.1) is 0 Å². The van der Waals surface area contributed by atoms with Crippen molar-refractivity contribution >= 4 is 5.97 Å². The highest BCUT2D eigenvalue weighted by Gasteiger charge is 2.36. The quantitative estimate of drug-likeness (QED) is 0.0425. The molecule has 0 aromatic carbocycles. The van der Waals surface area contributed by atoms with E-state index in [1.165, 1.54) is 148 Å². The van der Waals surface area contributed by atoms with Gasteiger partial charge >= 0.3 is 5.97 Å². The van der Waals surface area contributed by atoms with Gasteiger partial charge in [-0.25, -0.2) is 4.79 Å². The molecule has 2 aliphatic rings. The van der Waals surface area contributed by atoms with E-state index in [-0.39, 0.29) is 12.1 Å². The van der Waals surface area contributed by atoms with Gasteiger partial charge in [0.1, 0.15) is 6.10 Å². The molecule has 0 saturated carbocycles. The van der Waals surface area contributed by atoms with Crippen molar-refractivity contribution in [3.05, 3.63) is 23.8 Å². The molecule has 0 bridgehead atoms. The van der Waals surface area contributed by atoms with Gasteiger partial charge < -0.3 is 9.47 Å². The van der Waals surface area contributed by atoms with Crippen LogP contribution >= 0.6 is 0 Å². The fraction of sp³-hybridized carbons (Fsp3) is 0.861. The van der Waals surface area contributed by atoms with Crippen molar-refractivity contribution in [2.45, 2.75) is 199 Å². The first-order valence-corrected chi connectivity index (χ1v) is 17.4. The molecule has 0 aromatic heterocycles. The maximum Gasteiger partial charge on any atom is 0.334 e. The lowest BCUT2D eigenvalue weighted by atomic mass is 10.0. The molecule has 3 nitrogen and oxygen atoms in total. The van der Waals surface area contributed by atoms with E-state index in [1.807, 2.05) is 13.0 Å². The highest BCUT2D eigenvalue weighted by molar-refractivity contribution is 5.90. The average molecular weight is 545 g/mol. The van der Waals surface area contributed by atoms with Gasteiger partial charge in [-0.1, -0.05) is 141 Å². The van der Waals surface area contributed by atoms with Crippen LogP contribution in [0.25, 0.3) is 0 Å². The minimum Gasteiger partial charge on any atom is -0.455 e. The molecule has 39 heavy (non-hydrogen) atoms. The molecule has 2 heterocycles. The molecule has 0 aliphatic carbocycles. The van der Waals surface area contributed by atoms with Crippen LogP contribution in [0.4, 0.5) is 0 Å². The van der Waals surface area contributed by atoms with Crippen LogP contribution in [-0.2, 0) is 14.3 Å². The molecule has 0 unspecified atom stereocenters. The second-order valence-corrected chi connectivity index (χ2v) is 12.5. The highest BCUT2D eigenvalue weighted by atomic mass is 16.6. The van der Waals surface area contributed by atoms with Crippen LogP contribution in [-0.4, -0.2) is 24.3 Å². The summed E-state index contributed by atoms with van der Waals surface area (Å²) in [5.41, 5.74) is 0.867. The zero-order valence-corrected chi connectivity index (χ0v) is 26.1. The van der Waals surface area contributed by atoms with E-state index in [2.05, 4.69) is 19.1 Å². The summed E-state index contributed by atoms with van der Waals surface area (Å²) < 4.78 is 11.1. The molecular weight excluding hydrogens is 480 g/mol. The molecule has 0 spiro atoms. The highest BCUT2D eigenvalue weighted by Crippen LogP contribution is 2.32. The predicted molar refractivity (Wildman–Crippen MR) is 167 cm³/mol. The number of ether oxygens (including phenoxy) is 2. The Morgan fingerprint density at radius 3 is 1.51 bits per heavy atom. The minimum atomic E-state index is -0.114. The third-order valence-electron chi connectivity index (χ3n) is 8.61. The summed E-state index contributed by atoms with van der Waals surface area (Å²) in [5.74, 6) is -0.114. The number of unbranched alkanes of at least 4 members (excludes halogenated alkanes) is 20. The molecule has 1 saturated heterocycles. The van der Waals surface area contributed by atoms with Gasteiger partial charge in [0, 0.05) is 5.57 Å². The van der Waals surface area contributed by atoms with Gasteiger partial charge in [0.05, 0.1) is 12.2 Å². The SMILES string of the molecule is CCCCCCCCCCCCCC[C@H]1O[C@@H]1CCCCCCCCCCC=CCCCC1=C[C@@H](C)OC1=O. The first kappa shape index (κ1) is 34.1. The zero-order chi connectivity index (χ0) is 27.8. The van der Waals surface area contributed by atoms with Crippen molar-refractivity contribution in [1.29, 1.82) is 0 Å². The van der Waals surface area contributed by atoms with Crippen LogP contribution < -0.4 is 0 Å². The van der Waals surface area contributed by atoms with Crippen LogP contribution in [0.1, 0.15) is 181 Å². The Hall–Kier alpha value is -1.09. The molecule has 0 N–H and O–H groups in total. The first-order chi connectivity index (χ1) is 19.2. The second kappa shape index (κ2) is 23.6. The molecule has 226 valence electrons. The fourth-order valence-electron chi connectivity index (χ4n) is 6.00. The lowest BCUT2D eigenvalue weighted by Gasteiger charge is -2.02. The summed E-state index contributed by atoms with van der Waals surface area (Å²) in [5, 5.41) is 0. The summed E-state index contributed by atoms with van der Waals surface area (Å²) in [4.78, 5) is 11.6. The van der Waals surface area contributed by atoms with E-state index >= 15 is 0 Å². The van der Waals surface area contributed by atoms with E-state index in [0.717, 1.165) is 24.8 Å². The van der Waals surface area contributed by atoms with Gasteiger partial charge in [-0.2, -0.15) is 0 Å². The maximum atomic E-state index is 11.6. The largest absolute Gasteiger partial charge is 0.455 e. The molecule has 3 heteroatoms. The normalized spacial score (nSPS) is 20.6. The number of carbonyl (C=O) groups is 1. The lowest BCUT2D eigenvalue weighted by molar-refractivity contribution is -0.139. The monoisotopic (exact) mass is 544 g/mol. The Balaban J connectivity index is 1.22. The minimum absolute atomic E-state index is 0.0354. The smallest absolute Gasteiger partial charge is 0.334 e. The van der Waals surface area contributed by atoms with E-state index in [9.17, 15) is 4.79 Å². The zero-order valence-electron chi connectivity index (χ0n) is 26.1.